The summed E-state index contributed by atoms with van der Waals surface area (Å²) in [5.41, 5.74) is 6.25. The van der Waals surface area contributed by atoms with Gasteiger partial charge in [-0.2, -0.15) is 0 Å². The van der Waals surface area contributed by atoms with Crippen molar-refractivity contribution in [3.8, 4) is 11.5 Å². The van der Waals surface area contributed by atoms with Crippen LogP contribution in [-0.2, 0) is 4.79 Å². The van der Waals surface area contributed by atoms with E-state index in [1.807, 2.05) is 6.07 Å². The second-order valence-corrected chi connectivity index (χ2v) is 7.97. The van der Waals surface area contributed by atoms with Gasteiger partial charge in [-0.25, -0.2) is 4.39 Å². The average molecular weight is 459 g/mol. The van der Waals surface area contributed by atoms with Gasteiger partial charge in [0, 0.05) is 24.6 Å². The lowest BCUT2D eigenvalue weighted by Gasteiger charge is -2.18. The number of anilines is 1. The van der Waals surface area contributed by atoms with Gasteiger partial charge in [0.15, 0.2) is 0 Å². The van der Waals surface area contributed by atoms with E-state index in [9.17, 15) is 14.0 Å². The van der Waals surface area contributed by atoms with E-state index in [4.69, 9.17) is 33.7 Å². The third-order valence-electron chi connectivity index (χ3n) is 5.14. The normalized spacial score (nSPS) is 15.9. The molecule has 0 saturated carbocycles. The van der Waals surface area contributed by atoms with Gasteiger partial charge in [0.1, 0.15) is 17.3 Å². The maximum atomic E-state index is 13.8. The number of halogens is 3. The van der Waals surface area contributed by atoms with Crippen LogP contribution < -0.4 is 15.4 Å². The van der Waals surface area contributed by atoms with E-state index in [1.165, 1.54) is 17.0 Å². The van der Waals surface area contributed by atoms with Crippen LogP contribution in [0.4, 0.5) is 10.1 Å². The Morgan fingerprint density at radius 2 is 1.77 bits per heavy atom. The zero-order valence-electron chi connectivity index (χ0n) is 16.1. The van der Waals surface area contributed by atoms with E-state index in [1.54, 1.807) is 36.4 Å². The number of hydrogen-bond donors (Lipinski definition) is 1. The molecule has 0 aliphatic carbocycles. The molecule has 1 aliphatic rings. The van der Waals surface area contributed by atoms with Crippen molar-refractivity contribution in [2.45, 2.75) is 12.3 Å². The van der Waals surface area contributed by atoms with Gasteiger partial charge in [0.05, 0.1) is 15.6 Å². The van der Waals surface area contributed by atoms with Crippen LogP contribution in [-0.4, -0.2) is 18.4 Å². The summed E-state index contributed by atoms with van der Waals surface area (Å²) in [6, 6.07) is 16.3. The van der Waals surface area contributed by atoms with Gasteiger partial charge in [-0.15, -0.1) is 0 Å². The summed E-state index contributed by atoms with van der Waals surface area (Å²) in [6.45, 7) is 0.357. The minimum atomic E-state index is -0.887. The molecule has 5 nitrogen and oxygen atoms in total. The monoisotopic (exact) mass is 458 g/mol. The SMILES string of the molecule is NC(=O)c1cc(N2C[C@@H](c3ccc(Cl)c(Oc4ccccc4Cl)c3)CC2=O)ccc1F. The largest absolute Gasteiger partial charge is 0.454 e. The average Bonchev–Trinajstić information content (AvgIpc) is 3.13. The number of ether oxygens (including phenoxy) is 1. The second-order valence-electron chi connectivity index (χ2n) is 7.16. The van der Waals surface area contributed by atoms with E-state index < -0.39 is 11.7 Å². The van der Waals surface area contributed by atoms with E-state index in [0.29, 0.717) is 33.8 Å². The Bertz CT molecular complexity index is 1190. The van der Waals surface area contributed by atoms with Crippen LogP contribution in [0.25, 0.3) is 0 Å². The van der Waals surface area contributed by atoms with Crippen LogP contribution in [0.15, 0.2) is 60.7 Å². The van der Waals surface area contributed by atoms with Crippen molar-refractivity contribution in [3.63, 3.8) is 0 Å². The number of benzene rings is 3. The van der Waals surface area contributed by atoms with Gasteiger partial charge in [-0.1, -0.05) is 41.4 Å². The highest BCUT2D eigenvalue weighted by atomic mass is 35.5. The van der Waals surface area contributed by atoms with Crippen molar-refractivity contribution in [1.29, 1.82) is 0 Å². The van der Waals surface area contributed by atoms with E-state index in [2.05, 4.69) is 0 Å². The number of nitrogens with zero attached hydrogens (tertiary/aromatic N) is 1. The van der Waals surface area contributed by atoms with Crippen LogP contribution in [0.3, 0.4) is 0 Å². The van der Waals surface area contributed by atoms with Gasteiger partial charge >= 0.3 is 0 Å². The molecule has 0 spiro atoms. The van der Waals surface area contributed by atoms with Crippen LogP contribution >= 0.6 is 23.2 Å². The Kier molecular flexibility index (Phi) is 5.85. The van der Waals surface area contributed by atoms with Crippen LogP contribution in [0.5, 0.6) is 11.5 Å². The van der Waals surface area contributed by atoms with Gasteiger partial charge in [-0.05, 0) is 48.0 Å². The predicted molar refractivity (Wildman–Crippen MR) is 118 cm³/mol. The lowest BCUT2D eigenvalue weighted by atomic mass is 9.98. The molecule has 1 fully saturated rings. The number of nitrogens with two attached hydrogens (primary N) is 1. The topological polar surface area (TPSA) is 72.6 Å². The number of primary amides is 1. The molecule has 8 heteroatoms. The number of amides is 2. The van der Waals surface area contributed by atoms with Gasteiger partial charge in [-0.3, -0.25) is 9.59 Å². The fraction of sp³-hybridized carbons (Fsp3) is 0.130. The molecule has 0 unspecified atom stereocenters. The molecule has 3 aromatic rings. The first-order valence-electron chi connectivity index (χ1n) is 9.45. The van der Waals surface area contributed by atoms with Crippen molar-refractivity contribution in [1.82, 2.24) is 0 Å². The first kappa shape index (κ1) is 21.2. The van der Waals surface area contributed by atoms with Crippen molar-refractivity contribution >= 4 is 40.7 Å². The lowest BCUT2D eigenvalue weighted by molar-refractivity contribution is -0.117. The Morgan fingerprint density at radius 1 is 1.03 bits per heavy atom. The van der Waals surface area contributed by atoms with Crippen molar-refractivity contribution in [3.05, 3.63) is 87.7 Å². The highest BCUT2D eigenvalue weighted by molar-refractivity contribution is 6.32. The fourth-order valence-electron chi connectivity index (χ4n) is 3.55. The van der Waals surface area contributed by atoms with Gasteiger partial charge in [0.25, 0.3) is 5.91 Å². The number of carbonyl (C=O) groups is 2. The summed E-state index contributed by atoms with van der Waals surface area (Å²) in [5, 5.41) is 0.863. The first-order chi connectivity index (χ1) is 14.8. The van der Waals surface area contributed by atoms with Crippen molar-refractivity contribution < 1.29 is 18.7 Å². The third-order valence-corrected chi connectivity index (χ3v) is 5.76. The van der Waals surface area contributed by atoms with Crippen molar-refractivity contribution in [2.75, 3.05) is 11.4 Å². The molecule has 2 N–H and O–H groups in total. The summed E-state index contributed by atoms with van der Waals surface area (Å²) in [6.07, 6.45) is 0.246. The summed E-state index contributed by atoms with van der Waals surface area (Å²) < 4.78 is 19.7. The Hall–Kier alpha value is -3.09. The summed E-state index contributed by atoms with van der Waals surface area (Å²) in [7, 11) is 0. The van der Waals surface area contributed by atoms with Gasteiger partial charge in [0.2, 0.25) is 5.91 Å². The molecular weight excluding hydrogens is 442 g/mol. The minimum absolute atomic E-state index is 0.138. The fourth-order valence-corrected chi connectivity index (χ4v) is 3.88. The van der Waals surface area contributed by atoms with E-state index in [0.717, 1.165) is 11.6 Å². The maximum Gasteiger partial charge on any atom is 0.251 e. The molecule has 0 aromatic heterocycles. The zero-order chi connectivity index (χ0) is 22.1. The Labute approximate surface area is 188 Å². The standard InChI is InChI=1S/C23H17Cl2FN2O3/c24-17-3-1-2-4-20(17)31-21-9-13(5-7-18(21)25)14-10-22(29)28(12-14)15-6-8-19(26)16(11-15)23(27)30/h1-9,11,14H,10,12H2,(H2,27,30)/t14-/m0/s1. The Morgan fingerprint density at radius 3 is 2.52 bits per heavy atom. The molecule has 1 heterocycles. The second kappa shape index (κ2) is 8.57. The number of para-hydroxylation sites is 1. The summed E-state index contributed by atoms with van der Waals surface area (Å²) in [5.74, 6) is -0.996. The molecule has 1 aliphatic heterocycles. The quantitative estimate of drug-likeness (QED) is 0.544. The zero-order valence-corrected chi connectivity index (χ0v) is 17.7. The molecule has 2 amide bonds. The molecule has 0 bridgehead atoms. The first-order valence-corrected chi connectivity index (χ1v) is 10.2. The Balaban J connectivity index is 1.59. The number of carbonyl (C=O) groups excluding carboxylic acids is 2. The van der Waals surface area contributed by atoms with Crippen LogP contribution in [0.2, 0.25) is 10.0 Å². The number of hydrogen-bond acceptors (Lipinski definition) is 3. The summed E-state index contributed by atoms with van der Waals surface area (Å²) >= 11 is 12.5. The molecule has 31 heavy (non-hydrogen) atoms. The molecule has 0 radical (unpaired) electrons. The third kappa shape index (κ3) is 4.36. The molecule has 3 aromatic carbocycles. The minimum Gasteiger partial charge on any atom is -0.454 e. The maximum absolute atomic E-state index is 13.8. The van der Waals surface area contributed by atoms with Crippen LogP contribution in [0, 0.1) is 5.82 Å². The lowest BCUT2D eigenvalue weighted by Crippen LogP contribution is -2.25. The van der Waals surface area contributed by atoms with Gasteiger partial charge < -0.3 is 15.4 Å². The molecule has 158 valence electrons. The highest BCUT2D eigenvalue weighted by Gasteiger charge is 2.32. The summed E-state index contributed by atoms with van der Waals surface area (Å²) in [4.78, 5) is 25.6. The van der Waals surface area contributed by atoms with E-state index in [-0.39, 0.29) is 23.8 Å². The van der Waals surface area contributed by atoms with Crippen LogP contribution in [0.1, 0.15) is 28.3 Å². The predicted octanol–water partition coefficient (Wildman–Crippen LogP) is 5.54. The smallest absolute Gasteiger partial charge is 0.251 e. The highest BCUT2D eigenvalue weighted by Crippen LogP contribution is 2.38. The van der Waals surface area contributed by atoms with E-state index >= 15 is 0 Å². The number of rotatable bonds is 5. The van der Waals surface area contributed by atoms with Crippen molar-refractivity contribution in [2.24, 2.45) is 5.73 Å². The molecular formula is C23H17Cl2FN2O3. The molecule has 1 atom stereocenters. The molecule has 4 rings (SSSR count). The molecule has 1 saturated heterocycles.